The number of hydrogen-bond acceptors (Lipinski definition) is 4. The summed E-state index contributed by atoms with van der Waals surface area (Å²) in [5, 5.41) is 13.7. The molecular formula is C15H23Cl2FN2O2. The standard InChI is InChI=1S/C15H21FN2O2.2ClH/c1-20-13-9-11(16)8-12(15(13)19)14(10-2-3-10)18-6-4-17-5-7-18;;/h8-10,14,17,19H,2-7H2,1H3;2*1H/t14-;;/m1../s1. The molecule has 2 N–H and O–H groups in total. The molecule has 0 unspecified atom stereocenters. The van der Waals surface area contributed by atoms with Gasteiger partial charge >= 0.3 is 0 Å². The predicted octanol–water partition coefficient (Wildman–Crippen LogP) is 2.74. The molecule has 1 saturated carbocycles. The fraction of sp³-hybridized carbons (Fsp3) is 0.600. The van der Waals surface area contributed by atoms with Gasteiger partial charge in [-0.25, -0.2) is 4.39 Å². The van der Waals surface area contributed by atoms with Crippen molar-refractivity contribution < 1.29 is 14.2 Å². The quantitative estimate of drug-likeness (QED) is 0.874. The van der Waals surface area contributed by atoms with Crippen LogP contribution in [0, 0.1) is 11.7 Å². The third-order valence-electron chi connectivity index (χ3n) is 4.22. The van der Waals surface area contributed by atoms with Gasteiger partial charge in [0.2, 0.25) is 0 Å². The van der Waals surface area contributed by atoms with Crippen molar-refractivity contribution >= 4 is 24.8 Å². The number of halogens is 3. The van der Waals surface area contributed by atoms with E-state index < -0.39 is 0 Å². The third kappa shape index (κ3) is 3.96. The number of nitrogens with one attached hydrogen (secondary N) is 1. The maximum absolute atomic E-state index is 13.8. The molecular weight excluding hydrogens is 330 g/mol. The van der Waals surface area contributed by atoms with E-state index in [1.807, 2.05) is 0 Å². The first-order valence-corrected chi connectivity index (χ1v) is 7.22. The molecule has 1 atom stereocenters. The van der Waals surface area contributed by atoms with Gasteiger partial charge in [-0.2, -0.15) is 0 Å². The number of piperazine rings is 1. The Hall–Kier alpha value is -0.750. The fourth-order valence-corrected chi connectivity index (χ4v) is 3.10. The van der Waals surface area contributed by atoms with Crippen molar-refractivity contribution in [3.8, 4) is 11.5 Å². The van der Waals surface area contributed by atoms with Crippen LogP contribution in [-0.2, 0) is 0 Å². The summed E-state index contributed by atoms with van der Waals surface area (Å²) in [4.78, 5) is 2.35. The zero-order valence-electron chi connectivity index (χ0n) is 12.5. The summed E-state index contributed by atoms with van der Waals surface area (Å²) in [5.74, 6) is 0.478. The van der Waals surface area contributed by atoms with E-state index in [9.17, 15) is 9.50 Å². The zero-order chi connectivity index (χ0) is 14.1. The molecule has 0 aromatic heterocycles. The van der Waals surface area contributed by atoms with E-state index in [0.29, 0.717) is 11.5 Å². The lowest BCUT2D eigenvalue weighted by Gasteiger charge is -2.35. The Labute approximate surface area is 142 Å². The van der Waals surface area contributed by atoms with Gasteiger partial charge in [0.1, 0.15) is 5.82 Å². The van der Waals surface area contributed by atoms with Crippen molar-refractivity contribution in [1.82, 2.24) is 10.2 Å². The van der Waals surface area contributed by atoms with Crippen LogP contribution in [0.5, 0.6) is 11.5 Å². The number of hydrogen-bond donors (Lipinski definition) is 2. The summed E-state index contributed by atoms with van der Waals surface area (Å²) < 4.78 is 18.9. The molecule has 2 aliphatic rings. The highest BCUT2D eigenvalue weighted by atomic mass is 35.5. The molecule has 1 saturated heterocycles. The summed E-state index contributed by atoms with van der Waals surface area (Å²) in [6.45, 7) is 3.74. The number of ether oxygens (including phenoxy) is 1. The van der Waals surface area contributed by atoms with Gasteiger partial charge in [0.05, 0.1) is 7.11 Å². The maximum Gasteiger partial charge on any atom is 0.163 e. The lowest BCUT2D eigenvalue weighted by atomic mass is 9.98. The van der Waals surface area contributed by atoms with Crippen LogP contribution in [0.4, 0.5) is 4.39 Å². The SMILES string of the molecule is COc1cc(F)cc([C@@H](C2CC2)N2CCNCC2)c1O.Cl.Cl. The van der Waals surface area contributed by atoms with E-state index in [2.05, 4.69) is 10.2 Å². The molecule has 2 fully saturated rings. The highest BCUT2D eigenvalue weighted by molar-refractivity contribution is 5.85. The summed E-state index contributed by atoms with van der Waals surface area (Å²) in [6, 6.07) is 2.80. The Morgan fingerprint density at radius 1 is 1.27 bits per heavy atom. The zero-order valence-corrected chi connectivity index (χ0v) is 14.2. The number of nitrogens with zero attached hydrogens (tertiary/aromatic N) is 1. The average molecular weight is 353 g/mol. The average Bonchev–Trinajstić information content (AvgIpc) is 3.28. The Balaban J connectivity index is 0.00000121. The van der Waals surface area contributed by atoms with Gasteiger partial charge in [-0.1, -0.05) is 0 Å². The molecule has 22 heavy (non-hydrogen) atoms. The second-order valence-electron chi connectivity index (χ2n) is 5.61. The Kier molecular flexibility index (Phi) is 7.19. The second kappa shape index (κ2) is 8.20. The first-order chi connectivity index (χ1) is 9.70. The number of methoxy groups -OCH3 is 1. The molecule has 126 valence electrons. The minimum Gasteiger partial charge on any atom is -0.504 e. The molecule has 7 heteroatoms. The first kappa shape index (κ1) is 19.3. The van der Waals surface area contributed by atoms with Crippen molar-refractivity contribution in [2.24, 2.45) is 5.92 Å². The van der Waals surface area contributed by atoms with Crippen LogP contribution in [0.15, 0.2) is 12.1 Å². The summed E-state index contributed by atoms with van der Waals surface area (Å²) in [5.41, 5.74) is 0.672. The Bertz CT molecular complexity index is 495. The molecule has 3 rings (SSSR count). The van der Waals surface area contributed by atoms with Crippen molar-refractivity contribution in [3.63, 3.8) is 0 Å². The van der Waals surface area contributed by atoms with Gasteiger partial charge in [-0.15, -0.1) is 24.8 Å². The van der Waals surface area contributed by atoms with Crippen molar-refractivity contribution in [3.05, 3.63) is 23.5 Å². The van der Waals surface area contributed by atoms with Gasteiger partial charge in [0.25, 0.3) is 0 Å². The molecule has 1 aromatic rings. The van der Waals surface area contributed by atoms with Crippen molar-refractivity contribution in [2.45, 2.75) is 18.9 Å². The van der Waals surface area contributed by atoms with Gasteiger partial charge in [0, 0.05) is 43.9 Å². The highest BCUT2D eigenvalue weighted by Crippen LogP contribution is 2.48. The van der Waals surface area contributed by atoms with Gasteiger partial charge < -0.3 is 15.2 Å². The first-order valence-electron chi connectivity index (χ1n) is 7.22. The van der Waals surface area contributed by atoms with Crippen LogP contribution >= 0.6 is 24.8 Å². The molecule has 0 bridgehead atoms. The van der Waals surface area contributed by atoms with E-state index >= 15 is 0 Å². The largest absolute Gasteiger partial charge is 0.504 e. The number of rotatable bonds is 4. The van der Waals surface area contributed by atoms with E-state index in [0.717, 1.165) is 39.0 Å². The van der Waals surface area contributed by atoms with Crippen LogP contribution in [-0.4, -0.2) is 43.3 Å². The molecule has 1 aromatic carbocycles. The van der Waals surface area contributed by atoms with Crippen LogP contribution < -0.4 is 10.1 Å². The molecule has 0 radical (unpaired) electrons. The summed E-state index contributed by atoms with van der Waals surface area (Å²) in [6.07, 6.45) is 2.29. The lowest BCUT2D eigenvalue weighted by Crippen LogP contribution is -2.45. The van der Waals surface area contributed by atoms with E-state index in [4.69, 9.17) is 4.74 Å². The van der Waals surface area contributed by atoms with Crippen LogP contribution in [0.3, 0.4) is 0 Å². The normalized spacial score (nSPS) is 19.7. The van der Waals surface area contributed by atoms with E-state index in [1.54, 1.807) is 0 Å². The molecule has 4 nitrogen and oxygen atoms in total. The highest BCUT2D eigenvalue weighted by Gasteiger charge is 2.38. The van der Waals surface area contributed by atoms with E-state index in [-0.39, 0.29) is 48.2 Å². The predicted molar refractivity (Wildman–Crippen MR) is 89.0 cm³/mol. The van der Waals surface area contributed by atoms with Gasteiger partial charge in [0.15, 0.2) is 11.5 Å². The number of phenols is 1. The number of benzene rings is 1. The van der Waals surface area contributed by atoms with E-state index in [1.165, 1.54) is 19.2 Å². The topological polar surface area (TPSA) is 44.7 Å². The maximum atomic E-state index is 13.8. The number of aromatic hydroxyl groups is 1. The van der Waals surface area contributed by atoms with Crippen LogP contribution in [0.25, 0.3) is 0 Å². The van der Waals surface area contributed by atoms with Gasteiger partial charge in [-0.05, 0) is 24.8 Å². The molecule has 1 aliphatic heterocycles. The minimum atomic E-state index is -0.351. The van der Waals surface area contributed by atoms with Crippen molar-refractivity contribution in [1.29, 1.82) is 0 Å². The monoisotopic (exact) mass is 352 g/mol. The molecule has 1 aliphatic carbocycles. The van der Waals surface area contributed by atoms with Crippen LogP contribution in [0.1, 0.15) is 24.4 Å². The fourth-order valence-electron chi connectivity index (χ4n) is 3.10. The van der Waals surface area contributed by atoms with Gasteiger partial charge in [-0.3, -0.25) is 4.90 Å². The summed E-state index contributed by atoms with van der Waals surface area (Å²) >= 11 is 0. The molecule has 0 amide bonds. The molecule has 0 spiro atoms. The third-order valence-corrected chi connectivity index (χ3v) is 4.22. The van der Waals surface area contributed by atoms with Crippen molar-refractivity contribution in [2.75, 3.05) is 33.3 Å². The number of phenolic OH excluding ortho intramolecular Hbond substituents is 1. The van der Waals surface area contributed by atoms with Crippen LogP contribution in [0.2, 0.25) is 0 Å². The smallest absolute Gasteiger partial charge is 0.163 e. The summed E-state index contributed by atoms with van der Waals surface area (Å²) in [7, 11) is 1.45. The Morgan fingerprint density at radius 2 is 1.91 bits per heavy atom. The Morgan fingerprint density at radius 3 is 2.45 bits per heavy atom. The second-order valence-corrected chi connectivity index (χ2v) is 5.61. The lowest BCUT2D eigenvalue weighted by molar-refractivity contribution is 0.153. The molecule has 1 heterocycles. The minimum absolute atomic E-state index is 0.